The van der Waals surface area contributed by atoms with Gasteiger partial charge >= 0.3 is 0 Å². The van der Waals surface area contributed by atoms with Gasteiger partial charge in [0.15, 0.2) is 0 Å². The van der Waals surface area contributed by atoms with Crippen molar-refractivity contribution in [3.8, 4) is 0 Å². The van der Waals surface area contributed by atoms with Crippen molar-refractivity contribution in [2.75, 3.05) is 6.54 Å². The number of nitrogens with one attached hydrogen (secondary N) is 1. The van der Waals surface area contributed by atoms with E-state index in [1.807, 2.05) is 0 Å². The van der Waals surface area contributed by atoms with E-state index in [4.69, 9.17) is 0 Å². The Morgan fingerprint density at radius 1 is 1.38 bits per heavy atom. The summed E-state index contributed by atoms with van der Waals surface area (Å²) in [4.78, 5) is 15.3. The van der Waals surface area contributed by atoms with Gasteiger partial charge in [0.2, 0.25) is 5.91 Å². The van der Waals surface area contributed by atoms with Crippen molar-refractivity contribution in [3.63, 3.8) is 0 Å². The van der Waals surface area contributed by atoms with Crippen LogP contribution in [0.15, 0.2) is 30.9 Å². The van der Waals surface area contributed by atoms with Crippen molar-refractivity contribution in [1.82, 2.24) is 20.1 Å². The molecule has 21 heavy (non-hydrogen) atoms. The second kappa shape index (κ2) is 6.89. The molecule has 0 saturated heterocycles. The summed E-state index contributed by atoms with van der Waals surface area (Å²) in [5, 5.41) is 16.0. The van der Waals surface area contributed by atoms with Crippen LogP contribution in [0.3, 0.4) is 0 Å². The lowest BCUT2D eigenvalue weighted by molar-refractivity contribution is -0.121. The van der Waals surface area contributed by atoms with E-state index in [9.17, 15) is 18.7 Å². The summed E-state index contributed by atoms with van der Waals surface area (Å²) in [5.41, 5.74) is -0.450. The number of hydrogen-bond donors (Lipinski definition) is 2. The molecule has 0 saturated carbocycles. The van der Waals surface area contributed by atoms with Gasteiger partial charge in [-0.1, -0.05) is 6.07 Å². The summed E-state index contributed by atoms with van der Waals surface area (Å²) < 4.78 is 28.3. The summed E-state index contributed by atoms with van der Waals surface area (Å²) >= 11 is 0. The standard InChI is InChI=1S/C13H14F2N4O2/c14-9-2-1-3-10(15)13(9)11(20)6-17-12(21)4-5-19-8-16-7-18-19/h1-3,7-8,11,20H,4-6H2,(H,17,21). The normalized spacial score (nSPS) is 12.1. The smallest absolute Gasteiger partial charge is 0.221 e. The average Bonchev–Trinajstić information content (AvgIpc) is 2.96. The maximum atomic E-state index is 13.4. The van der Waals surface area contributed by atoms with E-state index < -0.39 is 23.3 Å². The number of nitrogens with zero attached hydrogens (tertiary/aromatic N) is 3. The minimum atomic E-state index is -1.44. The Morgan fingerprint density at radius 3 is 2.71 bits per heavy atom. The van der Waals surface area contributed by atoms with Gasteiger partial charge in [-0.15, -0.1) is 0 Å². The lowest BCUT2D eigenvalue weighted by Crippen LogP contribution is -2.29. The van der Waals surface area contributed by atoms with E-state index in [2.05, 4.69) is 15.4 Å². The van der Waals surface area contributed by atoms with Crippen LogP contribution in [0.2, 0.25) is 0 Å². The molecule has 8 heteroatoms. The van der Waals surface area contributed by atoms with Crippen LogP contribution in [-0.2, 0) is 11.3 Å². The van der Waals surface area contributed by atoms with E-state index in [0.717, 1.165) is 12.1 Å². The Bertz CT molecular complexity index is 584. The van der Waals surface area contributed by atoms with E-state index in [1.54, 1.807) is 0 Å². The van der Waals surface area contributed by atoms with Crippen LogP contribution in [0.4, 0.5) is 8.78 Å². The lowest BCUT2D eigenvalue weighted by Gasteiger charge is -2.13. The zero-order valence-corrected chi connectivity index (χ0v) is 11.0. The number of aliphatic hydroxyl groups is 1. The maximum Gasteiger partial charge on any atom is 0.221 e. The van der Waals surface area contributed by atoms with Gasteiger partial charge in [0, 0.05) is 13.0 Å². The molecular weight excluding hydrogens is 282 g/mol. The van der Waals surface area contributed by atoms with Gasteiger partial charge in [0.05, 0.1) is 12.1 Å². The first-order valence-electron chi connectivity index (χ1n) is 6.29. The highest BCUT2D eigenvalue weighted by Crippen LogP contribution is 2.19. The first-order valence-corrected chi connectivity index (χ1v) is 6.29. The minimum absolute atomic E-state index is 0.121. The largest absolute Gasteiger partial charge is 0.386 e. The Balaban J connectivity index is 1.83. The molecule has 6 nitrogen and oxygen atoms in total. The third kappa shape index (κ3) is 4.06. The molecule has 1 amide bonds. The number of rotatable bonds is 6. The van der Waals surface area contributed by atoms with Crippen molar-refractivity contribution in [3.05, 3.63) is 48.1 Å². The fourth-order valence-electron chi connectivity index (χ4n) is 1.79. The number of hydrogen-bond acceptors (Lipinski definition) is 4. The summed E-state index contributed by atoms with van der Waals surface area (Å²) in [6.07, 6.45) is 1.50. The molecule has 1 aromatic heterocycles. The Morgan fingerprint density at radius 2 is 2.10 bits per heavy atom. The zero-order chi connectivity index (χ0) is 15.2. The second-order valence-electron chi connectivity index (χ2n) is 4.36. The Kier molecular flexibility index (Phi) is 4.94. The summed E-state index contributed by atoms with van der Waals surface area (Å²) in [7, 11) is 0. The number of amides is 1. The molecule has 2 rings (SSSR count). The van der Waals surface area contributed by atoms with Gasteiger partial charge in [0.25, 0.3) is 0 Å². The minimum Gasteiger partial charge on any atom is -0.386 e. The topological polar surface area (TPSA) is 80.0 Å². The highest BCUT2D eigenvalue weighted by atomic mass is 19.1. The van der Waals surface area contributed by atoms with Crippen molar-refractivity contribution < 1.29 is 18.7 Å². The molecular formula is C13H14F2N4O2. The molecule has 2 aromatic rings. The molecule has 0 fully saturated rings. The van der Waals surface area contributed by atoms with Gasteiger partial charge in [-0.3, -0.25) is 9.48 Å². The molecule has 1 heterocycles. The average molecular weight is 296 g/mol. The van der Waals surface area contributed by atoms with E-state index in [-0.39, 0.29) is 18.9 Å². The molecule has 0 spiro atoms. The maximum absolute atomic E-state index is 13.4. The fraction of sp³-hybridized carbons (Fsp3) is 0.308. The highest BCUT2D eigenvalue weighted by molar-refractivity contribution is 5.75. The van der Waals surface area contributed by atoms with Gasteiger partial charge in [0.1, 0.15) is 30.4 Å². The highest BCUT2D eigenvalue weighted by Gasteiger charge is 2.18. The molecule has 112 valence electrons. The summed E-state index contributed by atoms with van der Waals surface area (Å²) in [6, 6.07) is 3.31. The quantitative estimate of drug-likeness (QED) is 0.826. The summed E-state index contributed by atoms with van der Waals surface area (Å²) in [6.45, 7) is 0.0596. The van der Waals surface area contributed by atoms with Crippen LogP contribution >= 0.6 is 0 Å². The van der Waals surface area contributed by atoms with Crippen LogP contribution in [-0.4, -0.2) is 32.3 Å². The Labute approximate surface area is 119 Å². The SMILES string of the molecule is O=C(CCn1cncn1)NCC(O)c1c(F)cccc1F. The molecule has 1 atom stereocenters. The van der Waals surface area contributed by atoms with E-state index in [1.165, 1.54) is 23.4 Å². The first kappa shape index (κ1) is 15.0. The van der Waals surface area contributed by atoms with E-state index in [0.29, 0.717) is 6.54 Å². The lowest BCUT2D eigenvalue weighted by atomic mass is 10.1. The van der Waals surface area contributed by atoms with Crippen LogP contribution in [0.5, 0.6) is 0 Å². The zero-order valence-electron chi connectivity index (χ0n) is 11.0. The first-order chi connectivity index (χ1) is 10.1. The van der Waals surface area contributed by atoms with Crippen molar-refractivity contribution >= 4 is 5.91 Å². The molecule has 0 aliphatic heterocycles. The third-order valence-electron chi connectivity index (χ3n) is 2.86. The predicted octanol–water partition coefficient (Wildman–Crippen LogP) is 0.796. The number of aromatic nitrogens is 3. The van der Waals surface area contributed by atoms with Gasteiger partial charge < -0.3 is 10.4 Å². The molecule has 2 N–H and O–H groups in total. The number of halogens is 2. The van der Waals surface area contributed by atoms with Gasteiger partial charge in [-0.05, 0) is 12.1 Å². The number of aryl methyl sites for hydroxylation is 1. The predicted molar refractivity (Wildman–Crippen MR) is 69.0 cm³/mol. The van der Waals surface area contributed by atoms with Crippen LogP contribution in [0.25, 0.3) is 0 Å². The van der Waals surface area contributed by atoms with Crippen LogP contribution in [0, 0.1) is 11.6 Å². The number of carbonyl (C=O) groups excluding carboxylic acids is 1. The molecule has 1 unspecified atom stereocenters. The van der Waals surface area contributed by atoms with Crippen molar-refractivity contribution in [2.24, 2.45) is 0 Å². The van der Waals surface area contributed by atoms with Gasteiger partial charge in [-0.2, -0.15) is 5.10 Å². The monoisotopic (exact) mass is 296 g/mol. The fourth-order valence-corrected chi connectivity index (χ4v) is 1.79. The molecule has 0 aliphatic carbocycles. The molecule has 0 bridgehead atoms. The molecule has 0 aliphatic rings. The second-order valence-corrected chi connectivity index (χ2v) is 4.36. The number of aliphatic hydroxyl groups excluding tert-OH is 1. The molecule has 1 aromatic carbocycles. The number of carbonyl (C=O) groups is 1. The Hall–Kier alpha value is -2.35. The number of benzene rings is 1. The van der Waals surface area contributed by atoms with Crippen molar-refractivity contribution in [2.45, 2.75) is 19.1 Å². The van der Waals surface area contributed by atoms with Crippen LogP contribution in [0.1, 0.15) is 18.1 Å². The van der Waals surface area contributed by atoms with E-state index >= 15 is 0 Å². The van der Waals surface area contributed by atoms with Crippen LogP contribution < -0.4 is 5.32 Å². The van der Waals surface area contributed by atoms with Gasteiger partial charge in [-0.25, -0.2) is 13.8 Å². The third-order valence-corrected chi connectivity index (χ3v) is 2.86. The van der Waals surface area contributed by atoms with Crippen molar-refractivity contribution in [1.29, 1.82) is 0 Å². The summed E-state index contributed by atoms with van der Waals surface area (Å²) in [5.74, 6) is -2.06. The molecule has 0 radical (unpaired) electrons.